The zero-order valence-corrected chi connectivity index (χ0v) is 7.64. The van der Waals surface area contributed by atoms with E-state index >= 15 is 0 Å². The van der Waals surface area contributed by atoms with Gasteiger partial charge in [-0.2, -0.15) is 0 Å². The number of rotatable bonds is 5. The standard InChI is InChI=1S/C9H12N2O3/c12-9(13)8(6-1-2-6)10-5-7-3-4-11-14-7/h3-4,6,8,10H,1-2,5H2,(H,12,13). The summed E-state index contributed by atoms with van der Waals surface area (Å²) in [6.07, 6.45) is 3.55. The quantitative estimate of drug-likeness (QED) is 0.722. The smallest absolute Gasteiger partial charge is 0.320 e. The van der Waals surface area contributed by atoms with Crippen LogP contribution in [0.4, 0.5) is 0 Å². The van der Waals surface area contributed by atoms with Crippen molar-refractivity contribution in [3.8, 4) is 0 Å². The summed E-state index contributed by atoms with van der Waals surface area (Å²) in [5, 5.41) is 15.4. The predicted octanol–water partition coefficient (Wildman–Crippen LogP) is 0.627. The van der Waals surface area contributed by atoms with E-state index in [9.17, 15) is 4.79 Å². The Morgan fingerprint density at radius 3 is 3.07 bits per heavy atom. The monoisotopic (exact) mass is 196 g/mol. The molecule has 1 aliphatic carbocycles. The second-order valence-corrected chi connectivity index (χ2v) is 3.51. The molecule has 0 saturated heterocycles. The Bertz CT molecular complexity index is 306. The molecular formula is C9H12N2O3. The van der Waals surface area contributed by atoms with Gasteiger partial charge in [-0.05, 0) is 18.8 Å². The maximum Gasteiger partial charge on any atom is 0.320 e. The first-order valence-electron chi connectivity index (χ1n) is 4.63. The summed E-state index contributed by atoms with van der Waals surface area (Å²) in [4.78, 5) is 10.8. The van der Waals surface area contributed by atoms with Gasteiger partial charge in [0.2, 0.25) is 0 Å². The fraction of sp³-hybridized carbons (Fsp3) is 0.556. The number of carboxylic acids is 1. The number of aromatic nitrogens is 1. The molecule has 5 heteroatoms. The van der Waals surface area contributed by atoms with Crippen LogP contribution in [0.25, 0.3) is 0 Å². The normalized spacial score (nSPS) is 18.0. The van der Waals surface area contributed by atoms with Crippen LogP contribution in [0.2, 0.25) is 0 Å². The van der Waals surface area contributed by atoms with Crippen molar-refractivity contribution in [2.75, 3.05) is 0 Å². The molecule has 14 heavy (non-hydrogen) atoms. The third-order valence-electron chi connectivity index (χ3n) is 2.35. The fourth-order valence-electron chi connectivity index (χ4n) is 1.43. The molecule has 5 nitrogen and oxygen atoms in total. The summed E-state index contributed by atoms with van der Waals surface area (Å²) in [5.74, 6) is 0.166. The largest absolute Gasteiger partial charge is 0.480 e. The zero-order chi connectivity index (χ0) is 9.97. The third kappa shape index (κ3) is 2.11. The van der Waals surface area contributed by atoms with Crippen LogP contribution in [-0.2, 0) is 11.3 Å². The Balaban J connectivity index is 1.85. The molecule has 1 saturated carbocycles. The average molecular weight is 196 g/mol. The maximum absolute atomic E-state index is 10.8. The van der Waals surface area contributed by atoms with Gasteiger partial charge in [0.15, 0.2) is 0 Å². The number of hydrogen-bond donors (Lipinski definition) is 2. The highest BCUT2D eigenvalue weighted by Gasteiger charge is 2.35. The molecule has 1 aliphatic rings. The van der Waals surface area contributed by atoms with Crippen molar-refractivity contribution in [1.29, 1.82) is 0 Å². The summed E-state index contributed by atoms with van der Waals surface area (Å²) >= 11 is 0. The van der Waals surface area contributed by atoms with E-state index in [2.05, 4.69) is 10.5 Å². The van der Waals surface area contributed by atoms with E-state index < -0.39 is 12.0 Å². The predicted molar refractivity (Wildman–Crippen MR) is 47.5 cm³/mol. The first kappa shape index (κ1) is 9.21. The van der Waals surface area contributed by atoms with E-state index in [1.807, 2.05) is 0 Å². The molecule has 1 unspecified atom stereocenters. The SMILES string of the molecule is O=C(O)C(NCc1ccno1)C1CC1. The summed E-state index contributed by atoms with van der Waals surface area (Å²) in [5.41, 5.74) is 0. The second-order valence-electron chi connectivity index (χ2n) is 3.51. The van der Waals surface area contributed by atoms with Crippen molar-refractivity contribution in [3.05, 3.63) is 18.0 Å². The maximum atomic E-state index is 10.8. The Morgan fingerprint density at radius 2 is 2.57 bits per heavy atom. The van der Waals surface area contributed by atoms with Gasteiger partial charge in [0, 0.05) is 6.07 Å². The fourth-order valence-corrected chi connectivity index (χ4v) is 1.43. The van der Waals surface area contributed by atoms with Crippen molar-refractivity contribution < 1.29 is 14.4 Å². The lowest BCUT2D eigenvalue weighted by atomic mass is 10.2. The molecule has 1 aromatic rings. The lowest BCUT2D eigenvalue weighted by molar-refractivity contribution is -0.140. The van der Waals surface area contributed by atoms with Crippen molar-refractivity contribution in [3.63, 3.8) is 0 Å². The van der Waals surface area contributed by atoms with Crippen LogP contribution in [0.1, 0.15) is 18.6 Å². The minimum Gasteiger partial charge on any atom is -0.480 e. The minimum absolute atomic E-state index is 0.287. The van der Waals surface area contributed by atoms with Crippen LogP contribution in [0.3, 0.4) is 0 Å². The Labute approximate surface area is 81.1 Å². The molecule has 0 aliphatic heterocycles. The first-order valence-corrected chi connectivity index (χ1v) is 4.63. The van der Waals surface area contributed by atoms with E-state index in [4.69, 9.17) is 9.63 Å². The number of hydrogen-bond acceptors (Lipinski definition) is 4. The van der Waals surface area contributed by atoms with Crippen molar-refractivity contribution in [2.24, 2.45) is 5.92 Å². The Kier molecular flexibility index (Phi) is 2.49. The van der Waals surface area contributed by atoms with E-state index in [0.717, 1.165) is 12.8 Å². The second kappa shape index (κ2) is 3.79. The lowest BCUT2D eigenvalue weighted by Crippen LogP contribution is -2.37. The molecule has 2 N–H and O–H groups in total. The molecule has 1 atom stereocenters. The van der Waals surface area contributed by atoms with Crippen molar-refractivity contribution in [2.45, 2.75) is 25.4 Å². The van der Waals surface area contributed by atoms with Gasteiger partial charge < -0.3 is 9.63 Å². The van der Waals surface area contributed by atoms with Crippen LogP contribution < -0.4 is 5.32 Å². The van der Waals surface area contributed by atoms with Crippen LogP contribution in [0.15, 0.2) is 16.8 Å². The average Bonchev–Trinajstić information content (AvgIpc) is 2.82. The summed E-state index contributed by atoms with van der Waals surface area (Å²) in [7, 11) is 0. The van der Waals surface area contributed by atoms with Crippen LogP contribution in [0.5, 0.6) is 0 Å². The molecule has 1 aromatic heterocycles. The van der Waals surface area contributed by atoms with Gasteiger partial charge in [-0.1, -0.05) is 5.16 Å². The highest BCUT2D eigenvalue weighted by Crippen LogP contribution is 2.32. The van der Waals surface area contributed by atoms with Gasteiger partial charge in [-0.15, -0.1) is 0 Å². The molecule has 0 radical (unpaired) electrons. The molecule has 1 heterocycles. The van der Waals surface area contributed by atoms with E-state index in [1.165, 1.54) is 0 Å². The summed E-state index contributed by atoms with van der Waals surface area (Å²) in [6.45, 7) is 0.424. The topological polar surface area (TPSA) is 75.4 Å². The molecule has 2 rings (SSSR count). The lowest BCUT2D eigenvalue weighted by Gasteiger charge is -2.11. The Hall–Kier alpha value is -1.36. The number of nitrogens with one attached hydrogen (secondary N) is 1. The van der Waals surface area contributed by atoms with Crippen LogP contribution in [-0.4, -0.2) is 22.3 Å². The van der Waals surface area contributed by atoms with Crippen LogP contribution >= 0.6 is 0 Å². The summed E-state index contributed by atoms with van der Waals surface area (Å²) in [6, 6.07) is 1.28. The molecular weight excluding hydrogens is 184 g/mol. The minimum atomic E-state index is -0.785. The number of nitrogens with zero attached hydrogens (tertiary/aromatic N) is 1. The number of carboxylic acid groups (broad SMARTS) is 1. The zero-order valence-electron chi connectivity index (χ0n) is 7.64. The van der Waals surface area contributed by atoms with E-state index in [0.29, 0.717) is 12.3 Å². The van der Waals surface area contributed by atoms with Gasteiger partial charge in [0.05, 0.1) is 12.7 Å². The number of carbonyl (C=O) groups is 1. The molecule has 76 valence electrons. The highest BCUT2D eigenvalue weighted by atomic mass is 16.5. The molecule has 0 aromatic carbocycles. The van der Waals surface area contributed by atoms with Gasteiger partial charge in [0.25, 0.3) is 0 Å². The summed E-state index contributed by atoms with van der Waals surface area (Å²) < 4.78 is 4.86. The molecule has 0 spiro atoms. The van der Waals surface area contributed by atoms with Crippen molar-refractivity contribution >= 4 is 5.97 Å². The van der Waals surface area contributed by atoms with E-state index in [-0.39, 0.29) is 5.92 Å². The first-order chi connectivity index (χ1) is 6.77. The van der Waals surface area contributed by atoms with Gasteiger partial charge in [0.1, 0.15) is 11.8 Å². The molecule has 0 amide bonds. The third-order valence-corrected chi connectivity index (χ3v) is 2.35. The molecule has 1 fully saturated rings. The van der Waals surface area contributed by atoms with Gasteiger partial charge in [-0.3, -0.25) is 10.1 Å². The van der Waals surface area contributed by atoms with Gasteiger partial charge >= 0.3 is 5.97 Å². The Morgan fingerprint density at radius 1 is 1.79 bits per heavy atom. The van der Waals surface area contributed by atoms with E-state index in [1.54, 1.807) is 12.3 Å². The number of aliphatic carboxylic acids is 1. The van der Waals surface area contributed by atoms with Crippen LogP contribution in [0, 0.1) is 5.92 Å². The molecule has 0 bridgehead atoms. The van der Waals surface area contributed by atoms with Gasteiger partial charge in [-0.25, -0.2) is 0 Å². The van der Waals surface area contributed by atoms with Crippen molar-refractivity contribution in [1.82, 2.24) is 10.5 Å². The highest BCUT2D eigenvalue weighted by molar-refractivity contribution is 5.74.